The molecule has 1 atom stereocenters. The van der Waals surface area contributed by atoms with Gasteiger partial charge in [-0.05, 0) is 69.3 Å². The Labute approximate surface area is 208 Å². The van der Waals surface area contributed by atoms with Crippen molar-refractivity contribution < 1.29 is 18.7 Å². The van der Waals surface area contributed by atoms with Gasteiger partial charge in [-0.2, -0.15) is 0 Å². The summed E-state index contributed by atoms with van der Waals surface area (Å²) in [5, 5.41) is 7.16. The molecule has 9 heteroatoms. The summed E-state index contributed by atoms with van der Waals surface area (Å²) < 4.78 is 20.6. The molecule has 1 aromatic carbocycles. The molecular weight excluding hydrogens is 449 g/mol. The Kier molecular flexibility index (Phi) is 11.7. The van der Waals surface area contributed by atoms with Crippen LogP contribution in [0.4, 0.5) is 4.39 Å². The molecule has 0 bridgehead atoms. The molecular formula is C26H40FN5O3. The molecule has 8 nitrogen and oxygen atoms in total. The lowest BCUT2D eigenvalue weighted by Gasteiger charge is -2.36. The highest BCUT2D eigenvalue weighted by molar-refractivity contribution is 5.94. The fourth-order valence-electron chi connectivity index (χ4n) is 4.15. The fraction of sp³-hybridized carbons (Fsp3) is 0.577. The summed E-state index contributed by atoms with van der Waals surface area (Å²) in [6.07, 6.45) is 7.36. The van der Waals surface area contributed by atoms with Gasteiger partial charge < -0.3 is 20.7 Å². The lowest BCUT2D eigenvalue weighted by molar-refractivity contribution is -0.106. The second-order valence-corrected chi connectivity index (χ2v) is 8.92. The van der Waals surface area contributed by atoms with Crippen LogP contribution in [-0.4, -0.2) is 61.6 Å². The number of hydrogen-bond donors (Lipinski definition) is 3. The number of piperidine rings is 1. The molecule has 194 valence electrons. The molecule has 1 unspecified atom stereocenters. The van der Waals surface area contributed by atoms with Crippen molar-refractivity contribution >= 4 is 18.2 Å². The van der Waals surface area contributed by atoms with Gasteiger partial charge in [-0.3, -0.25) is 15.0 Å². The molecule has 2 heterocycles. The average molecular weight is 490 g/mol. The van der Waals surface area contributed by atoms with E-state index in [-0.39, 0.29) is 18.4 Å². The van der Waals surface area contributed by atoms with Crippen LogP contribution in [0.5, 0.6) is 0 Å². The molecule has 1 saturated heterocycles. The number of nitrogens with two attached hydrogens (primary N) is 1. The Bertz CT molecular complexity index is 847. The molecule has 0 radical (unpaired) electrons. The minimum absolute atomic E-state index is 0.0491. The zero-order valence-corrected chi connectivity index (χ0v) is 21.1. The van der Waals surface area contributed by atoms with Crippen LogP contribution in [0.2, 0.25) is 0 Å². The summed E-state index contributed by atoms with van der Waals surface area (Å²) in [5.74, 6) is 0.993. The fourth-order valence-corrected chi connectivity index (χ4v) is 4.15. The Balaban J connectivity index is 0.00000137. The predicted molar refractivity (Wildman–Crippen MR) is 137 cm³/mol. The summed E-state index contributed by atoms with van der Waals surface area (Å²) in [6.45, 7) is 9.40. The highest BCUT2D eigenvalue weighted by Gasteiger charge is 2.30. The van der Waals surface area contributed by atoms with Gasteiger partial charge in [0.1, 0.15) is 5.67 Å². The number of halogens is 1. The van der Waals surface area contributed by atoms with E-state index in [9.17, 15) is 9.18 Å². The van der Waals surface area contributed by atoms with Gasteiger partial charge in [0, 0.05) is 24.7 Å². The summed E-state index contributed by atoms with van der Waals surface area (Å²) in [5.41, 5.74) is 7.91. The molecule has 1 aromatic rings. The van der Waals surface area contributed by atoms with Gasteiger partial charge in [0.2, 0.25) is 12.3 Å². The summed E-state index contributed by atoms with van der Waals surface area (Å²) in [7, 11) is 0. The summed E-state index contributed by atoms with van der Waals surface area (Å²) in [4.78, 5) is 22.7. The van der Waals surface area contributed by atoms with Crippen LogP contribution in [-0.2, 0) is 9.53 Å². The van der Waals surface area contributed by atoms with Crippen molar-refractivity contribution in [3.8, 4) is 0 Å². The first-order valence-corrected chi connectivity index (χ1v) is 12.5. The minimum atomic E-state index is -1.06. The van der Waals surface area contributed by atoms with Crippen molar-refractivity contribution in [2.75, 3.05) is 32.8 Å². The molecule has 2 amide bonds. The topological polar surface area (TPSA) is 109 Å². The molecule has 2 aliphatic heterocycles. The number of hydrazone groups is 1. The van der Waals surface area contributed by atoms with Crippen molar-refractivity contribution in [2.24, 2.45) is 16.8 Å². The molecule has 2 aliphatic rings. The van der Waals surface area contributed by atoms with Crippen LogP contribution >= 0.6 is 0 Å². The number of primary amides is 1. The van der Waals surface area contributed by atoms with Crippen molar-refractivity contribution in [3.05, 3.63) is 47.5 Å². The zero-order valence-electron chi connectivity index (χ0n) is 21.1. The van der Waals surface area contributed by atoms with Gasteiger partial charge in [-0.15, -0.1) is 5.10 Å². The van der Waals surface area contributed by atoms with Gasteiger partial charge in [-0.1, -0.05) is 32.1 Å². The van der Waals surface area contributed by atoms with E-state index in [0.29, 0.717) is 49.9 Å². The Hall–Kier alpha value is -2.94. The van der Waals surface area contributed by atoms with E-state index in [0.717, 1.165) is 31.5 Å². The highest BCUT2D eigenvalue weighted by Crippen LogP contribution is 2.26. The highest BCUT2D eigenvalue weighted by atomic mass is 19.1. The van der Waals surface area contributed by atoms with E-state index in [4.69, 9.17) is 9.53 Å². The number of hydrogen-bond acceptors (Lipinski definition) is 6. The number of carbonyl (C=O) groups excluding carboxylic acids is 2. The monoisotopic (exact) mass is 489 g/mol. The predicted octanol–water partition coefficient (Wildman–Crippen LogP) is 3.31. The number of carbonyl (C=O) groups is 2. The Morgan fingerprint density at radius 1 is 1.26 bits per heavy atom. The Morgan fingerprint density at radius 2 is 1.89 bits per heavy atom. The SMILES string of the molecule is CCNC(=O)c1ccc(C2C=CC(OCC3CCN(CC(F)(CC)CC)CC3)=NN2)cc1.NC=O. The van der Waals surface area contributed by atoms with Crippen LogP contribution < -0.4 is 16.5 Å². The lowest BCUT2D eigenvalue weighted by atomic mass is 9.94. The third kappa shape index (κ3) is 8.98. The number of nitrogens with zero attached hydrogens (tertiary/aromatic N) is 2. The van der Waals surface area contributed by atoms with Crippen molar-refractivity contribution in [1.29, 1.82) is 0 Å². The van der Waals surface area contributed by atoms with E-state index in [2.05, 4.69) is 26.5 Å². The van der Waals surface area contributed by atoms with E-state index < -0.39 is 5.67 Å². The van der Waals surface area contributed by atoms with Crippen LogP contribution in [0, 0.1) is 5.92 Å². The van der Waals surface area contributed by atoms with Crippen LogP contribution in [0.25, 0.3) is 0 Å². The standard InChI is InChI=1S/C25H37FN4O2.CH3NO/c1-4-25(26,5-2)18-30-15-13-19(14-16-30)17-32-23-12-11-22(28-29-23)20-7-9-21(10-8-20)24(31)27-6-3;2-1-3/h7-12,19,22,28H,4-6,13-18H2,1-3H3,(H,27,31);1H,(H2,2,3). The number of benzene rings is 1. The molecule has 4 N–H and O–H groups in total. The van der Waals surface area contributed by atoms with E-state index in [1.165, 1.54) is 0 Å². The first kappa shape index (κ1) is 28.3. The largest absolute Gasteiger partial charge is 0.476 e. The van der Waals surface area contributed by atoms with E-state index in [1.54, 1.807) is 0 Å². The Morgan fingerprint density at radius 3 is 2.40 bits per heavy atom. The van der Waals surface area contributed by atoms with Gasteiger partial charge in [0.25, 0.3) is 5.91 Å². The summed E-state index contributed by atoms with van der Waals surface area (Å²) in [6, 6.07) is 7.47. The van der Waals surface area contributed by atoms with Gasteiger partial charge in [0.05, 0.1) is 12.6 Å². The smallest absolute Gasteiger partial charge is 0.251 e. The van der Waals surface area contributed by atoms with Crippen molar-refractivity contribution in [2.45, 2.75) is 58.2 Å². The number of alkyl halides is 1. The molecule has 0 aliphatic carbocycles. The van der Waals surface area contributed by atoms with E-state index in [1.807, 2.05) is 57.2 Å². The molecule has 0 spiro atoms. The van der Waals surface area contributed by atoms with Crippen LogP contribution in [0.1, 0.15) is 68.4 Å². The first-order valence-electron chi connectivity index (χ1n) is 12.5. The van der Waals surface area contributed by atoms with Crippen LogP contribution in [0.3, 0.4) is 0 Å². The maximum atomic E-state index is 14.6. The molecule has 3 rings (SSSR count). The van der Waals surface area contributed by atoms with Gasteiger partial charge >= 0.3 is 0 Å². The minimum Gasteiger partial charge on any atom is -0.476 e. The second-order valence-electron chi connectivity index (χ2n) is 8.92. The normalized spacial score (nSPS) is 18.5. The number of rotatable bonds is 9. The van der Waals surface area contributed by atoms with Crippen molar-refractivity contribution in [1.82, 2.24) is 15.6 Å². The molecule has 35 heavy (non-hydrogen) atoms. The first-order chi connectivity index (χ1) is 16.9. The lowest BCUT2D eigenvalue weighted by Crippen LogP contribution is -2.43. The third-order valence-electron chi connectivity index (χ3n) is 6.56. The maximum Gasteiger partial charge on any atom is 0.251 e. The number of nitrogens with one attached hydrogen (secondary N) is 2. The van der Waals surface area contributed by atoms with E-state index >= 15 is 0 Å². The number of likely N-dealkylation sites (tertiary alicyclic amines) is 1. The average Bonchev–Trinajstić information content (AvgIpc) is 2.89. The molecule has 1 fully saturated rings. The molecule has 0 saturated carbocycles. The molecule has 0 aromatic heterocycles. The quantitative estimate of drug-likeness (QED) is 0.461. The van der Waals surface area contributed by atoms with Crippen molar-refractivity contribution in [3.63, 3.8) is 0 Å². The zero-order chi connectivity index (χ0) is 25.7. The number of amides is 2. The maximum absolute atomic E-state index is 14.6. The summed E-state index contributed by atoms with van der Waals surface area (Å²) >= 11 is 0. The van der Waals surface area contributed by atoms with Gasteiger partial charge in [0.15, 0.2) is 0 Å². The van der Waals surface area contributed by atoms with Crippen LogP contribution in [0.15, 0.2) is 41.5 Å². The third-order valence-corrected chi connectivity index (χ3v) is 6.56. The second kappa shape index (κ2) is 14.5. The number of ether oxygens (including phenoxy) is 1. The van der Waals surface area contributed by atoms with Gasteiger partial charge in [-0.25, -0.2) is 4.39 Å².